The second-order valence-electron chi connectivity index (χ2n) is 4.95. The fourth-order valence-corrected chi connectivity index (χ4v) is 2.64. The standard InChI is InChI=1S/C13H28N2O/c1-3-9-15(10-4-11-16-2)13-7-5-12(14)6-8-13/h12-13H,3-11,14H2,1-2H3. The first-order valence-corrected chi connectivity index (χ1v) is 6.76. The van der Waals surface area contributed by atoms with Crippen LogP contribution in [-0.2, 0) is 4.74 Å². The van der Waals surface area contributed by atoms with Gasteiger partial charge in [-0.2, -0.15) is 0 Å². The summed E-state index contributed by atoms with van der Waals surface area (Å²) in [7, 11) is 1.78. The number of hydrogen-bond donors (Lipinski definition) is 1. The van der Waals surface area contributed by atoms with Gasteiger partial charge in [-0.3, -0.25) is 0 Å². The fraction of sp³-hybridized carbons (Fsp3) is 1.00. The molecule has 0 unspecified atom stereocenters. The van der Waals surface area contributed by atoms with Crippen LogP contribution in [0.2, 0.25) is 0 Å². The van der Waals surface area contributed by atoms with E-state index in [2.05, 4.69) is 11.8 Å². The van der Waals surface area contributed by atoms with Gasteiger partial charge >= 0.3 is 0 Å². The lowest BCUT2D eigenvalue weighted by Gasteiger charge is -2.36. The maximum Gasteiger partial charge on any atom is 0.0474 e. The van der Waals surface area contributed by atoms with Crippen LogP contribution in [0.3, 0.4) is 0 Å². The predicted molar refractivity (Wildman–Crippen MR) is 68.6 cm³/mol. The Labute approximate surface area is 100 Å². The van der Waals surface area contributed by atoms with Crippen LogP contribution in [0.15, 0.2) is 0 Å². The Bertz CT molecular complexity index is 167. The summed E-state index contributed by atoms with van der Waals surface area (Å²) < 4.78 is 5.13. The molecule has 0 bridgehead atoms. The molecular formula is C13H28N2O. The molecule has 0 saturated heterocycles. The van der Waals surface area contributed by atoms with Gasteiger partial charge in [0.05, 0.1) is 0 Å². The molecule has 0 heterocycles. The number of methoxy groups -OCH3 is 1. The molecule has 3 heteroatoms. The summed E-state index contributed by atoms with van der Waals surface area (Å²) in [6.07, 6.45) is 7.38. The Balaban J connectivity index is 2.30. The van der Waals surface area contributed by atoms with Gasteiger partial charge in [-0.15, -0.1) is 0 Å². The second kappa shape index (κ2) is 8.04. The van der Waals surface area contributed by atoms with Crippen molar-refractivity contribution >= 4 is 0 Å². The highest BCUT2D eigenvalue weighted by Crippen LogP contribution is 2.22. The van der Waals surface area contributed by atoms with Crippen LogP contribution < -0.4 is 5.73 Å². The molecule has 0 aliphatic heterocycles. The maximum absolute atomic E-state index is 5.95. The minimum atomic E-state index is 0.457. The van der Waals surface area contributed by atoms with E-state index in [1.54, 1.807) is 7.11 Å². The van der Waals surface area contributed by atoms with E-state index in [0.29, 0.717) is 6.04 Å². The smallest absolute Gasteiger partial charge is 0.0474 e. The third-order valence-corrected chi connectivity index (χ3v) is 3.56. The number of rotatable bonds is 7. The van der Waals surface area contributed by atoms with Crippen molar-refractivity contribution in [1.29, 1.82) is 0 Å². The van der Waals surface area contributed by atoms with Crippen LogP contribution in [0.4, 0.5) is 0 Å². The Morgan fingerprint density at radius 2 is 1.88 bits per heavy atom. The summed E-state index contributed by atoms with van der Waals surface area (Å²) in [5.41, 5.74) is 5.95. The summed E-state index contributed by atoms with van der Waals surface area (Å²) in [6.45, 7) is 5.55. The molecule has 3 nitrogen and oxygen atoms in total. The number of hydrogen-bond acceptors (Lipinski definition) is 3. The Kier molecular flexibility index (Phi) is 7.01. The average Bonchev–Trinajstić information content (AvgIpc) is 2.29. The van der Waals surface area contributed by atoms with Crippen molar-refractivity contribution in [3.8, 4) is 0 Å². The first kappa shape index (κ1) is 13.9. The molecule has 96 valence electrons. The Morgan fingerprint density at radius 3 is 2.44 bits per heavy atom. The first-order valence-electron chi connectivity index (χ1n) is 6.76. The number of nitrogens with zero attached hydrogens (tertiary/aromatic N) is 1. The number of nitrogens with two attached hydrogens (primary N) is 1. The fourth-order valence-electron chi connectivity index (χ4n) is 2.64. The molecule has 0 aromatic rings. The van der Waals surface area contributed by atoms with E-state index in [1.165, 1.54) is 45.2 Å². The van der Waals surface area contributed by atoms with Crippen LogP contribution in [-0.4, -0.2) is 43.8 Å². The monoisotopic (exact) mass is 228 g/mol. The molecule has 1 aliphatic rings. The summed E-state index contributed by atoms with van der Waals surface area (Å²) in [6, 6.07) is 1.23. The Hall–Kier alpha value is -0.120. The predicted octanol–water partition coefficient (Wildman–Crippen LogP) is 2.00. The molecule has 0 spiro atoms. The average molecular weight is 228 g/mol. The van der Waals surface area contributed by atoms with Gasteiger partial charge in [0.25, 0.3) is 0 Å². The molecule has 0 amide bonds. The molecule has 0 radical (unpaired) electrons. The van der Waals surface area contributed by atoms with Gasteiger partial charge in [0.2, 0.25) is 0 Å². The highest BCUT2D eigenvalue weighted by molar-refractivity contribution is 4.81. The van der Waals surface area contributed by atoms with E-state index in [-0.39, 0.29) is 0 Å². The first-order chi connectivity index (χ1) is 7.77. The Morgan fingerprint density at radius 1 is 1.19 bits per heavy atom. The molecule has 0 aromatic carbocycles. The second-order valence-corrected chi connectivity index (χ2v) is 4.95. The van der Waals surface area contributed by atoms with E-state index in [1.807, 2.05) is 0 Å². The van der Waals surface area contributed by atoms with Gasteiger partial charge in [0.15, 0.2) is 0 Å². The van der Waals surface area contributed by atoms with Crippen molar-refractivity contribution in [2.24, 2.45) is 5.73 Å². The van der Waals surface area contributed by atoms with E-state index in [4.69, 9.17) is 10.5 Å². The summed E-state index contributed by atoms with van der Waals surface area (Å²) in [5, 5.41) is 0. The minimum Gasteiger partial charge on any atom is -0.385 e. The lowest BCUT2D eigenvalue weighted by atomic mass is 9.90. The van der Waals surface area contributed by atoms with E-state index < -0.39 is 0 Å². The van der Waals surface area contributed by atoms with Crippen molar-refractivity contribution in [3.05, 3.63) is 0 Å². The highest BCUT2D eigenvalue weighted by Gasteiger charge is 2.23. The van der Waals surface area contributed by atoms with Gasteiger partial charge in [-0.25, -0.2) is 0 Å². The van der Waals surface area contributed by atoms with Crippen LogP contribution in [0, 0.1) is 0 Å². The van der Waals surface area contributed by atoms with Crippen LogP contribution in [0.25, 0.3) is 0 Å². The van der Waals surface area contributed by atoms with Gasteiger partial charge in [-0.1, -0.05) is 6.92 Å². The SMILES string of the molecule is CCCN(CCCOC)C1CCC(N)CC1. The molecule has 1 aliphatic carbocycles. The van der Waals surface area contributed by atoms with Crippen molar-refractivity contribution in [2.75, 3.05) is 26.8 Å². The topological polar surface area (TPSA) is 38.5 Å². The summed E-state index contributed by atoms with van der Waals surface area (Å²) >= 11 is 0. The summed E-state index contributed by atoms with van der Waals surface area (Å²) in [4.78, 5) is 2.64. The molecule has 0 aromatic heterocycles. The molecule has 2 N–H and O–H groups in total. The maximum atomic E-state index is 5.95. The highest BCUT2D eigenvalue weighted by atomic mass is 16.5. The zero-order valence-electron chi connectivity index (χ0n) is 11.0. The minimum absolute atomic E-state index is 0.457. The molecule has 1 saturated carbocycles. The molecule has 16 heavy (non-hydrogen) atoms. The largest absolute Gasteiger partial charge is 0.385 e. The summed E-state index contributed by atoms with van der Waals surface area (Å²) in [5.74, 6) is 0. The van der Waals surface area contributed by atoms with Crippen molar-refractivity contribution < 1.29 is 4.74 Å². The van der Waals surface area contributed by atoms with Crippen molar-refractivity contribution in [1.82, 2.24) is 4.90 Å². The molecule has 1 fully saturated rings. The van der Waals surface area contributed by atoms with Crippen LogP contribution in [0.1, 0.15) is 45.4 Å². The zero-order valence-corrected chi connectivity index (χ0v) is 11.0. The zero-order chi connectivity index (χ0) is 11.8. The van der Waals surface area contributed by atoms with E-state index in [9.17, 15) is 0 Å². The molecule has 1 rings (SSSR count). The van der Waals surface area contributed by atoms with Gasteiger partial charge in [-0.05, 0) is 45.1 Å². The van der Waals surface area contributed by atoms with Crippen LogP contribution in [0.5, 0.6) is 0 Å². The van der Waals surface area contributed by atoms with Crippen LogP contribution >= 0.6 is 0 Å². The van der Waals surface area contributed by atoms with Gasteiger partial charge in [0.1, 0.15) is 0 Å². The lowest BCUT2D eigenvalue weighted by molar-refractivity contribution is 0.124. The molecule has 0 atom stereocenters. The van der Waals surface area contributed by atoms with E-state index >= 15 is 0 Å². The normalized spacial score (nSPS) is 26.2. The number of ether oxygens (including phenoxy) is 1. The third-order valence-electron chi connectivity index (χ3n) is 3.56. The van der Waals surface area contributed by atoms with Crippen molar-refractivity contribution in [3.63, 3.8) is 0 Å². The van der Waals surface area contributed by atoms with Gasteiger partial charge < -0.3 is 15.4 Å². The lowest BCUT2D eigenvalue weighted by Crippen LogP contribution is -2.42. The van der Waals surface area contributed by atoms with Gasteiger partial charge in [0, 0.05) is 32.3 Å². The van der Waals surface area contributed by atoms with Crippen molar-refractivity contribution in [2.45, 2.75) is 57.5 Å². The molecular weight excluding hydrogens is 200 g/mol. The van der Waals surface area contributed by atoms with E-state index in [0.717, 1.165) is 19.1 Å². The quantitative estimate of drug-likeness (QED) is 0.677. The third kappa shape index (κ3) is 4.81.